The van der Waals surface area contributed by atoms with Gasteiger partial charge in [0, 0.05) is 11.1 Å². The van der Waals surface area contributed by atoms with Crippen LogP contribution in [0.5, 0.6) is 0 Å². The summed E-state index contributed by atoms with van der Waals surface area (Å²) in [6.45, 7) is 8.20. The fraction of sp³-hybridized carbons (Fsp3) is 0.643. The number of hydrogen-bond donors (Lipinski definition) is 1. The Labute approximate surface area is 123 Å². The normalized spacial score (nSPS) is 23.4. The van der Waals surface area contributed by atoms with Crippen LogP contribution >= 0.6 is 11.3 Å². The average Bonchev–Trinajstić information content (AvgIpc) is 2.77. The second-order valence-corrected chi connectivity index (χ2v) is 6.66. The van der Waals surface area contributed by atoms with E-state index in [4.69, 9.17) is 0 Å². The Morgan fingerprint density at radius 2 is 2.15 bits per heavy atom. The number of carbonyl (C=O) groups excluding carboxylic acids is 2. The summed E-state index contributed by atoms with van der Waals surface area (Å²) in [6, 6.07) is -0.838. The molecular weight excluding hydrogens is 274 g/mol. The highest BCUT2D eigenvalue weighted by Crippen LogP contribution is 2.20. The van der Waals surface area contributed by atoms with Gasteiger partial charge in [0.05, 0.1) is 6.54 Å². The molecule has 0 aromatic carbocycles. The van der Waals surface area contributed by atoms with Crippen molar-refractivity contribution in [2.24, 2.45) is 5.92 Å². The zero-order valence-electron chi connectivity index (χ0n) is 12.3. The number of aromatic nitrogens is 1. The van der Waals surface area contributed by atoms with Crippen LogP contribution in [0, 0.1) is 12.8 Å². The molecular formula is C14H21N3O2S. The van der Waals surface area contributed by atoms with Gasteiger partial charge in [0.15, 0.2) is 0 Å². The lowest BCUT2D eigenvalue weighted by Crippen LogP contribution is -2.62. The molecule has 2 amide bonds. The fourth-order valence-electron chi connectivity index (χ4n) is 2.35. The minimum atomic E-state index is -0.435. The lowest BCUT2D eigenvalue weighted by atomic mass is 9.99. The molecule has 1 aliphatic heterocycles. The van der Waals surface area contributed by atoms with Crippen LogP contribution in [0.3, 0.4) is 0 Å². The maximum atomic E-state index is 12.5. The molecule has 0 bridgehead atoms. The third-order valence-corrected chi connectivity index (χ3v) is 4.38. The van der Waals surface area contributed by atoms with Crippen molar-refractivity contribution in [3.8, 4) is 0 Å². The number of thiazole rings is 1. The molecule has 0 radical (unpaired) electrons. The number of rotatable bonds is 4. The first kappa shape index (κ1) is 15.0. The van der Waals surface area contributed by atoms with Gasteiger partial charge in [-0.15, -0.1) is 11.3 Å². The molecule has 1 aromatic rings. The summed E-state index contributed by atoms with van der Waals surface area (Å²) in [5.41, 5.74) is 0.949. The number of carbonyl (C=O) groups is 2. The number of nitrogens with zero attached hydrogens (tertiary/aromatic N) is 2. The summed E-state index contributed by atoms with van der Waals surface area (Å²) in [6.07, 6.45) is 0.671. The highest BCUT2D eigenvalue weighted by atomic mass is 32.1. The summed E-state index contributed by atoms with van der Waals surface area (Å²) in [7, 11) is 0. The van der Waals surface area contributed by atoms with Crippen molar-refractivity contribution in [2.45, 2.75) is 52.7 Å². The Kier molecular flexibility index (Phi) is 4.42. The van der Waals surface area contributed by atoms with Crippen molar-refractivity contribution in [3.05, 3.63) is 16.1 Å². The molecule has 0 aliphatic carbocycles. The first-order chi connectivity index (χ1) is 9.38. The molecule has 1 N–H and O–H groups in total. The molecule has 2 heterocycles. The van der Waals surface area contributed by atoms with E-state index in [1.165, 1.54) is 11.3 Å². The van der Waals surface area contributed by atoms with Crippen molar-refractivity contribution in [1.29, 1.82) is 0 Å². The highest BCUT2D eigenvalue weighted by molar-refractivity contribution is 7.09. The van der Waals surface area contributed by atoms with E-state index >= 15 is 0 Å². The SMILES string of the molecule is Cc1csc(CN2C(=O)C(CC(C)C)NC(=O)C2C)n1. The second kappa shape index (κ2) is 5.91. The van der Waals surface area contributed by atoms with Crippen molar-refractivity contribution in [2.75, 3.05) is 0 Å². The van der Waals surface area contributed by atoms with Gasteiger partial charge in [0.2, 0.25) is 11.8 Å². The van der Waals surface area contributed by atoms with Crippen molar-refractivity contribution >= 4 is 23.2 Å². The third-order valence-electron chi connectivity index (χ3n) is 3.42. The molecule has 5 nitrogen and oxygen atoms in total. The Morgan fingerprint density at radius 1 is 1.45 bits per heavy atom. The van der Waals surface area contributed by atoms with Crippen LogP contribution in [-0.2, 0) is 16.1 Å². The van der Waals surface area contributed by atoms with Gasteiger partial charge >= 0.3 is 0 Å². The van der Waals surface area contributed by atoms with E-state index in [0.29, 0.717) is 18.9 Å². The summed E-state index contributed by atoms with van der Waals surface area (Å²) >= 11 is 1.53. The molecule has 2 unspecified atom stereocenters. The molecule has 2 atom stereocenters. The number of nitrogens with one attached hydrogen (secondary N) is 1. The van der Waals surface area contributed by atoms with Crippen LogP contribution in [0.15, 0.2) is 5.38 Å². The lowest BCUT2D eigenvalue weighted by molar-refractivity contribution is -0.149. The van der Waals surface area contributed by atoms with E-state index in [2.05, 4.69) is 10.3 Å². The first-order valence-corrected chi connectivity index (χ1v) is 7.78. The minimum Gasteiger partial charge on any atom is -0.343 e. The molecule has 1 saturated heterocycles. The molecule has 110 valence electrons. The van der Waals surface area contributed by atoms with Crippen molar-refractivity contribution < 1.29 is 9.59 Å². The van der Waals surface area contributed by atoms with Crippen LogP contribution in [-0.4, -0.2) is 33.8 Å². The molecule has 0 spiro atoms. The number of hydrogen-bond acceptors (Lipinski definition) is 4. The molecule has 6 heteroatoms. The predicted molar refractivity (Wildman–Crippen MR) is 78.2 cm³/mol. The van der Waals surface area contributed by atoms with Gasteiger partial charge in [-0.2, -0.15) is 0 Å². The number of piperazine rings is 1. The quantitative estimate of drug-likeness (QED) is 0.920. The van der Waals surface area contributed by atoms with Crippen LogP contribution in [0.2, 0.25) is 0 Å². The molecule has 0 saturated carbocycles. The smallest absolute Gasteiger partial charge is 0.246 e. The Hall–Kier alpha value is -1.43. The van der Waals surface area contributed by atoms with Gasteiger partial charge < -0.3 is 10.2 Å². The summed E-state index contributed by atoms with van der Waals surface area (Å²) in [4.78, 5) is 30.6. The third kappa shape index (κ3) is 3.17. The average molecular weight is 295 g/mol. The number of amides is 2. The molecule has 1 aromatic heterocycles. The molecule has 1 fully saturated rings. The largest absolute Gasteiger partial charge is 0.343 e. The zero-order chi connectivity index (χ0) is 14.9. The lowest BCUT2D eigenvalue weighted by Gasteiger charge is -2.37. The highest BCUT2D eigenvalue weighted by Gasteiger charge is 2.38. The van der Waals surface area contributed by atoms with Crippen LogP contribution in [0.4, 0.5) is 0 Å². The van der Waals surface area contributed by atoms with Crippen LogP contribution in [0.25, 0.3) is 0 Å². The van der Waals surface area contributed by atoms with E-state index < -0.39 is 12.1 Å². The van der Waals surface area contributed by atoms with Crippen molar-refractivity contribution in [1.82, 2.24) is 15.2 Å². The van der Waals surface area contributed by atoms with E-state index in [1.54, 1.807) is 11.8 Å². The van der Waals surface area contributed by atoms with E-state index in [9.17, 15) is 9.59 Å². The second-order valence-electron chi connectivity index (χ2n) is 5.72. The van der Waals surface area contributed by atoms with Gasteiger partial charge in [0.25, 0.3) is 0 Å². The van der Waals surface area contributed by atoms with Crippen LogP contribution < -0.4 is 5.32 Å². The summed E-state index contributed by atoms with van der Waals surface area (Å²) in [5, 5.41) is 5.66. The van der Waals surface area contributed by atoms with Crippen molar-refractivity contribution in [3.63, 3.8) is 0 Å². The number of aryl methyl sites for hydroxylation is 1. The van der Waals surface area contributed by atoms with Gasteiger partial charge in [-0.3, -0.25) is 9.59 Å². The molecule has 20 heavy (non-hydrogen) atoms. The van der Waals surface area contributed by atoms with Gasteiger partial charge in [-0.05, 0) is 26.2 Å². The Bertz CT molecular complexity index is 512. The topological polar surface area (TPSA) is 62.3 Å². The molecule has 2 rings (SSSR count). The predicted octanol–water partition coefficient (Wildman–Crippen LogP) is 1.71. The van der Waals surface area contributed by atoms with E-state index in [0.717, 1.165) is 10.7 Å². The van der Waals surface area contributed by atoms with Crippen LogP contribution in [0.1, 0.15) is 37.9 Å². The summed E-state index contributed by atoms with van der Waals surface area (Å²) < 4.78 is 0. The maximum Gasteiger partial charge on any atom is 0.246 e. The van der Waals surface area contributed by atoms with Gasteiger partial charge in [-0.25, -0.2) is 4.98 Å². The summed E-state index contributed by atoms with van der Waals surface area (Å²) in [5.74, 6) is 0.281. The van der Waals surface area contributed by atoms with E-state index in [-0.39, 0.29) is 11.8 Å². The van der Waals surface area contributed by atoms with Gasteiger partial charge in [-0.1, -0.05) is 13.8 Å². The van der Waals surface area contributed by atoms with Gasteiger partial charge in [0.1, 0.15) is 17.1 Å². The standard InChI is InChI=1S/C14H21N3O2S/c1-8(2)5-11-14(19)17(10(4)13(18)16-11)6-12-15-9(3)7-20-12/h7-8,10-11H,5-6H2,1-4H3,(H,16,18). The van der Waals surface area contributed by atoms with E-state index in [1.807, 2.05) is 26.2 Å². The fourth-order valence-corrected chi connectivity index (χ4v) is 3.12. The first-order valence-electron chi connectivity index (χ1n) is 6.90. The molecule has 1 aliphatic rings. The zero-order valence-corrected chi connectivity index (χ0v) is 13.2. The Morgan fingerprint density at radius 3 is 2.70 bits per heavy atom. The monoisotopic (exact) mass is 295 g/mol. The maximum absolute atomic E-state index is 12.5. The Balaban J connectivity index is 2.15. The minimum absolute atomic E-state index is 0.00125.